The summed E-state index contributed by atoms with van der Waals surface area (Å²) in [5, 5.41) is 0. The van der Waals surface area contributed by atoms with E-state index in [0.29, 0.717) is 18.2 Å². The highest BCUT2D eigenvalue weighted by atomic mass is 16.1. The van der Waals surface area contributed by atoms with Crippen LogP contribution in [0.15, 0.2) is 37.2 Å². The van der Waals surface area contributed by atoms with Crippen LogP contribution in [0.2, 0.25) is 0 Å². The standard InChI is InChI=1S/C17H22N2O/c1-4-8-19-15-9-14(20)13(10-17(15,2)3)16(19)12-6-5-7-18-11-12/h4-7,11,13,15-16H,1,8-10H2,2-3H3/t13-,15-,16-/m1/s1. The fourth-order valence-electron chi connectivity index (χ4n) is 4.08. The van der Waals surface area contributed by atoms with Crippen molar-refractivity contribution in [3.8, 4) is 0 Å². The second kappa shape index (κ2) is 4.81. The molecule has 0 radical (unpaired) electrons. The number of rotatable bonds is 3. The Morgan fingerprint density at radius 3 is 3.00 bits per heavy atom. The van der Waals surface area contributed by atoms with E-state index >= 15 is 0 Å². The highest BCUT2D eigenvalue weighted by Gasteiger charge is 2.54. The van der Waals surface area contributed by atoms with Gasteiger partial charge in [0.15, 0.2) is 0 Å². The molecule has 3 nitrogen and oxygen atoms in total. The van der Waals surface area contributed by atoms with E-state index in [1.165, 1.54) is 0 Å². The Morgan fingerprint density at radius 2 is 2.35 bits per heavy atom. The van der Waals surface area contributed by atoms with Crippen molar-refractivity contribution >= 4 is 5.78 Å². The number of carbonyl (C=O) groups excluding carboxylic acids is 1. The van der Waals surface area contributed by atoms with E-state index in [2.05, 4.69) is 36.4 Å². The molecule has 106 valence electrons. The number of Topliss-reactive ketones (excluding diaryl/α,β-unsaturated/α-hetero) is 1. The van der Waals surface area contributed by atoms with Crippen molar-refractivity contribution < 1.29 is 4.79 Å². The maximum Gasteiger partial charge on any atom is 0.139 e. The molecule has 20 heavy (non-hydrogen) atoms. The van der Waals surface area contributed by atoms with E-state index in [-0.39, 0.29) is 17.4 Å². The minimum Gasteiger partial charge on any atom is -0.299 e. The third-order valence-corrected chi connectivity index (χ3v) is 4.96. The Bertz CT molecular complexity index is 523. The van der Waals surface area contributed by atoms with Gasteiger partial charge in [0.1, 0.15) is 5.78 Å². The molecule has 0 aromatic carbocycles. The first-order valence-corrected chi connectivity index (χ1v) is 7.34. The van der Waals surface area contributed by atoms with E-state index in [0.717, 1.165) is 18.5 Å². The molecule has 1 aromatic rings. The Labute approximate surface area is 120 Å². The molecule has 1 aromatic heterocycles. The molecule has 2 bridgehead atoms. The van der Waals surface area contributed by atoms with Crippen molar-refractivity contribution in [1.82, 2.24) is 9.88 Å². The molecule has 2 saturated heterocycles. The largest absolute Gasteiger partial charge is 0.299 e. The van der Waals surface area contributed by atoms with Gasteiger partial charge in [0.25, 0.3) is 0 Å². The monoisotopic (exact) mass is 270 g/mol. The van der Waals surface area contributed by atoms with Gasteiger partial charge in [0.05, 0.1) is 0 Å². The molecule has 1 saturated carbocycles. The van der Waals surface area contributed by atoms with Crippen molar-refractivity contribution in [3.05, 3.63) is 42.7 Å². The molecule has 3 atom stereocenters. The number of pyridine rings is 1. The number of hydrogen-bond donors (Lipinski definition) is 0. The van der Waals surface area contributed by atoms with Crippen LogP contribution >= 0.6 is 0 Å². The maximum atomic E-state index is 12.4. The zero-order chi connectivity index (χ0) is 14.3. The summed E-state index contributed by atoms with van der Waals surface area (Å²) < 4.78 is 0. The molecule has 0 unspecified atom stereocenters. The van der Waals surface area contributed by atoms with Gasteiger partial charge in [-0.2, -0.15) is 0 Å². The summed E-state index contributed by atoms with van der Waals surface area (Å²) in [6, 6.07) is 4.53. The fourth-order valence-corrected chi connectivity index (χ4v) is 4.08. The lowest BCUT2D eigenvalue weighted by molar-refractivity contribution is -0.149. The summed E-state index contributed by atoms with van der Waals surface area (Å²) in [4.78, 5) is 19.1. The first-order valence-electron chi connectivity index (χ1n) is 7.34. The summed E-state index contributed by atoms with van der Waals surface area (Å²) in [7, 11) is 0. The summed E-state index contributed by atoms with van der Waals surface area (Å²) in [6.07, 6.45) is 7.30. The van der Waals surface area contributed by atoms with E-state index in [9.17, 15) is 4.79 Å². The number of aromatic nitrogens is 1. The molecule has 0 spiro atoms. The lowest BCUT2D eigenvalue weighted by Crippen LogP contribution is -2.61. The number of ketones is 1. The van der Waals surface area contributed by atoms with Gasteiger partial charge in [-0.1, -0.05) is 26.0 Å². The van der Waals surface area contributed by atoms with Gasteiger partial charge in [-0.3, -0.25) is 14.7 Å². The van der Waals surface area contributed by atoms with Gasteiger partial charge in [0, 0.05) is 43.4 Å². The predicted octanol–water partition coefficient (Wildman–Crippen LogP) is 3.00. The minimum atomic E-state index is 0.0964. The maximum absolute atomic E-state index is 12.4. The fraction of sp³-hybridized carbons (Fsp3) is 0.529. The van der Waals surface area contributed by atoms with Crippen LogP contribution < -0.4 is 0 Å². The number of nitrogens with zero attached hydrogens (tertiary/aromatic N) is 2. The lowest BCUT2D eigenvalue weighted by atomic mass is 9.60. The average Bonchev–Trinajstić information content (AvgIpc) is 2.42. The molecule has 3 fully saturated rings. The van der Waals surface area contributed by atoms with Crippen LogP contribution in [0.5, 0.6) is 0 Å². The lowest BCUT2D eigenvalue weighted by Gasteiger charge is -2.57. The van der Waals surface area contributed by atoms with Crippen LogP contribution in [0, 0.1) is 11.3 Å². The van der Waals surface area contributed by atoms with Crippen molar-refractivity contribution in [2.45, 2.75) is 38.8 Å². The van der Waals surface area contributed by atoms with Crippen LogP contribution in [0.4, 0.5) is 0 Å². The van der Waals surface area contributed by atoms with Crippen LogP contribution in [-0.4, -0.2) is 28.3 Å². The minimum absolute atomic E-state index is 0.0964. The first-order chi connectivity index (χ1) is 9.54. The molecule has 0 N–H and O–H groups in total. The van der Waals surface area contributed by atoms with Crippen molar-refractivity contribution in [1.29, 1.82) is 0 Å². The molecule has 3 heterocycles. The van der Waals surface area contributed by atoms with Crippen LogP contribution in [0.25, 0.3) is 0 Å². The zero-order valence-corrected chi connectivity index (χ0v) is 12.2. The van der Waals surface area contributed by atoms with Crippen molar-refractivity contribution in [3.63, 3.8) is 0 Å². The predicted molar refractivity (Wildman–Crippen MR) is 79.2 cm³/mol. The van der Waals surface area contributed by atoms with Gasteiger partial charge in [-0.25, -0.2) is 0 Å². The molecule has 2 aliphatic heterocycles. The Kier molecular flexibility index (Phi) is 3.25. The summed E-state index contributed by atoms with van der Waals surface area (Å²) in [6.45, 7) is 9.29. The normalized spacial score (nSPS) is 32.3. The summed E-state index contributed by atoms with van der Waals surface area (Å²) >= 11 is 0. The molecular formula is C17H22N2O. The van der Waals surface area contributed by atoms with Gasteiger partial charge in [0.2, 0.25) is 0 Å². The average molecular weight is 270 g/mol. The van der Waals surface area contributed by atoms with Gasteiger partial charge in [-0.15, -0.1) is 6.58 Å². The summed E-state index contributed by atoms with van der Waals surface area (Å²) in [5.74, 6) is 0.516. The summed E-state index contributed by atoms with van der Waals surface area (Å²) in [5.41, 5.74) is 1.35. The number of carbonyl (C=O) groups is 1. The number of piperidine rings is 2. The highest BCUT2D eigenvalue weighted by molar-refractivity contribution is 5.84. The first kappa shape index (κ1) is 13.5. The third kappa shape index (κ3) is 2.01. The quantitative estimate of drug-likeness (QED) is 0.792. The molecular weight excluding hydrogens is 248 g/mol. The topological polar surface area (TPSA) is 33.2 Å². The SMILES string of the molecule is C=CCN1[C@H](c2cccnc2)[C@@H]2CC(C)(C)[C@H]1CC2=O. The van der Waals surface area contributed by atoms with E-state index < -0.39 is 0 Å². The Balaban J connectivity index is 2.03. The molecule has 3 heteroatoms. The number of hydrogen-bond acceptors (Lipinski definition) is 3. The van der Waals surface area contributed by atoms with Crippen molar-refractivity contribution in [2.24, 2.45) is 11.3 Å². The van der Waals surface area contributed by atoms with Crippen molar-refractivity contribution in [2.75, 3.05) is 6.54 Å². The zero-order valence-electron chi connectivity index (χ0n) is 12.2. The molecule has 0 amide bonds. The Morgan fingerprint density at radius 1 is 1.55 bits per heavy atom. The van der Waals surface area contributed by atoms with E-state index in [1.807, 2.05) is 18.3 Å². The second-order valence-electron chi connectivity index (χ2n) is 6.70. The van der Waals surface area contributed by atoms with Gasteiger partial charge < -0.3 is 0 Å². The van der Waals surface area contributed by atoms with Crippen LogP contribution in [0.3, 0.4) is 0 Å². The molecule has 3 aliphatic rings. The molecule has 4 rings (SSSR count). The number of fused-ring (bicyclic) bond motifs is 3. The Hall–Kier alpha value is -1.48. The third-order valence-electron chi connectivity index (χ3n) is 4.96. The smallest absolute Gasteiger partial charge is 0.139 e. The highest BCUT2D eigenvalue weighted by Crippen LogP contribution is 2.53. The molecule has 1 aliphatic carbocycles. The van der Waals surface area contributed by atoms with Crippen LogP contribution in [-0.2, 0) is 4.79 Å². The van der Waals surface area contributed by atoms with Gasteiger partial charge in [-0.05, 0) is 23.5 Å². The van der Waals surface area contributed by atoms with E-state index in [4.69, 9.17) is 0 Å². The second-order valence-corrected chi connectivity index (χ2v) is 6.70. The van der Waals surface area contributed by atoms with Gasteiger partial charge >= 0.3 is 0 Å². The van der Waals surface area contributed by atoms with E-state index in [1.54, 1.807) is 6.20 Å². The van der Waals surface area contributed by atoms with Crippen LogP contribution in [0.1, 0.15) is 38.3 Å².